The lowest BCUT2D eigenvalue weighted by molar-refractivity contribution is 0.0945. The first-order valence-corrected chi connectivity index (χ1v) is 7.90. The van der Waals surface area contributed by atoms with Crippen LogP contribution in [0.3, 0.4) is 0 Å². The predicted octanol–water partition coefficient (Wildman–Crippen LogP) is 2.21. The zero-order chi connectivity index (χ0) is 15.1. The van der Waals surface area contributed by atoms with Crippen molar-refractivity contribution in [1.29, 1.82) is 0 Å². The van der Waals surface area contributed by atoms with E-state index in [4.69, 9.17) is 10.5 Å². The highest BCUT2D eigenvalue weighted by molar-refractivity contribution is 7.21. The molecule has 21 heavy (non-hydrogen) atoms. The summed E-state index contributed by atoms with van der Waals surface area (Å²) in [5, 5.41) is 2.85. The third kappa shape index (κ3) is 4.12. The van der Waals surface area contributed by atoms with E-state index in [1.807, 2.05) is 0 Å². The fraction of sp³-hybridized carbons (Fsp3) is 0.500. The van der Waals surface area contributed by atoms with Gasteiger partial charge in [0.1, 0.15) is 15.2 Å². The smallest absolute Gasteiger partial charge is 0.263 e. The molecule has 0 fully saturated rings. The number of nitrogens with two attached hydrogens (primary N) is 1. The fourth-order valence-electron chi connectivity index (χ4n) is 1.82. The molecule has 0 unspecified atom stereocenters. The molecule has 0 aliphatic carbocycles. The number of thiophene rings is 1. The fourth-order valence-corrected chi connectivity index (χ4v) is 2.76. The number of carbonyl (C=O) groups excluding carboxylic acids is 1. The summed E-state index contributed by atoms with van der Waals surface area (Å²) in [7, 11) is 0. The van der Waals surface area contributed by atoms with Gasteiger partial charge in [0.2, 0.25) is 0 Å². The van der Waals surface area contributed by atoms with Crippen LogP contribution < -0.4 is 11.1 Å². The molecule has 0 aromatic carbocycles. The van der Waals surface area contributed by atoms with Crippen molar-refractivity contribution in [1.82, 2.24) is 15.3 Å². The maximum atomic E-state index is 12.1. The zero-order valence-corrected chi connectivity index (χ0v) is 12.9. The summed E-state index contributed by atoms with van der Waals surface area (Å²) in [5.41, 5.74) is 6.94. The van der Waals surface area contributed by atoms with Crippen LogP contribution in [0, 0.1) is 0 Å². The second-order valence-corrected chi connectivity index (χ2v) is 5.63. The summed E-state index contributed by atoms with van der Waals surface area (Å²) in [6.07, 6.45) is 6.15. The highest BCUT2D eigenvalue weighted by Gasteiger charge is 2.17. The standard InChI is InChI=1S/C14H20N4O2S/c1-2-3-8-20-9-4-5-17-13(19)12-10(15)11-14(21-12)18-7-6-16-11/h6-7H,2-5,8-9,15H2,1H3,(H,17,19). The predicted molar refractivity (Wildman–Crippen MR) is 84.5 cm³/mol. The molecule has 0 radical (unpaired) electrons. The Kier molecular flexibility index (Phi) is 5.89. The Labute approximate surface area is 127 Å². The number of nitrogen functional groups attached to an aromatic ring is 1. The number of unbranched alkanes of at least 4 members (excludes halogenated alkanes) is 1. The Morgan fingerprint density at radius 2 is 2.10 bits per heavy atom. The van der Waals surface area contributed by atoms with Gasteiger partial charge in [0.05, 0.1) is 5.69 Å². The van der Waals surface area contributed by atoms with Gasteiger partial charge in [-0.25, -0.2) is 9.97 Å². The highest BCUT2D eigenvalue weighted by atomic mass is 32.1. The van der Waals surface area contributed by atoms with Crippen LogP contribution in [0.25, 0.3) is 10.3 Å². The van der Waals surface area contributed by atoms with Gasteiger partial charge in [-0.2, -0.15) is 0 Å². The molecule has 0 spiro atoms. The molecule has 0 aliphatic rings. The highest BCUT2D eigenvalue weighted by Crippen LogP contribution is 2.30. The second kappa shape index (κ2) is 7.90. The van der Waals surface area contributed by atoms with E-state index in [0.29, 0.717) is 34.1 Å². The van der Waals surface area contributed by atoms with Gasteiger partial charge in [0.15, 0.2) is 0 Å². The number of amides is 1. The molecule has 2 rings (SSSR count). The molecule has 0 saturated heterocycles. The van der Waals surface area contributed by atoms with E-state index in [2.05, 4.69) is 22.2 Å². The van der Waals surface area contributed by atoms with Gasteiger partial charge in [0, 0.05) is 32.2 Å². The van der Waals surface area contributed by atoms with Gasteiger partial charge in [-0.15, -0.1) is 11.3 Å². The third-order valence-electron chi connectivity index (χ3n) is 2.96. The van der Waals surface area contributed by atoms with Crippen LogP contribution in [0.1, 0.15) is 35.9 Å². The minimum atomic E-state index is -0.175. The Balaban J connectivity index is 1.81. The molecule has 0 atom stereocenters. The molecule has 6 nitrogen and oxygen atoms in total. The van der Waals surface area contributed by atoms with Crippen molar-refractivity contribution < 1.29 is 9.53 Å². The number of nitrogens with one attached hydrogen (secondary N) is 1. The van der Waals surface area contributed by atoms with Crippen LogP contribution in [0.15, 0.2) is 12.4 Å². The zero-order valence-electron chi connectivity index (χ0n) is 12.1. The average Bonchev–Trinajstić information content (AvgIpc) is 2.84. The van der Waals surface area contributed by atoms with E-state index in [1.54, 1.807) is 12.4 Å². The Morgan fingerprint density at radius 1 is 1.33 bits per heavy atom. The summed E-state index contributed by atoms with van der Waals surface area (Å²) < 4.78 is 5.44. The van der Waals surface area contributed by atoms with E-state index in [0.717, 1.165) is 25.9 Å². The maximum absolute atomic E-state index is 12.1. The van der Waals surface area contributed by atoms with Gasteiger partial charge in [0.25, 0.3) is 5.91 Å². The molecule has 7 heteroatoms. The molecule has 0 saturated carbocycles. The monoisotopic (exact) mass is 308 g/mol. The molecule has 1 amide bonds. The SMILES string of the molecule is CCCCOCCCNC(=O)c1sc2nccnc2c1N. The molecule has 3 N–H and O–H groups in total. The van der Waals surface area contributed by atoms with Crippen LogP contribution >= 0.6 is 11.3 Å². The van der Waals surface area contributed by atoms with Gasteiger partial charge in [-0.05, 0) is 12.8 Å². The van der Waals surface area contributed by atoms with Crippen LogP contribution in [0.2, 0.25) is 0 Å². The first-order valence-electron chi connectivity index (χ1n) is 7.09. The Hall–Kier alpha value is -1.73. The first kappa shape index (κ1) is 15.7. The van der Waals surface area contributed by atoms with Gasteiger partial charge >= 0.3 is 0 Å². The lowest BCUT2D eigenvalue weighted by Crippen LogP contribution is -2.25. The summed E-state index contributed by atoms with van der Waals surface area (Å²) in [4.78, 5) is 21.6. The van der Waals surface area contributed by atoms with E-state index in [9.17, 15) is 4.79 Å². The number of anilines is 1. The molecular formula is C14H20N4O2S. The number of fused-ring (bicyclic) bond motifs is 1. The topological polar surface area (TPSA) is 90.1 Å². The van der Waals surface area contributed by atoms with Crippen molar-refractivity contribution in [2.75, 3.05) is 25.5 Å². The molecule has 2 aromatic heterocycles. The summed E-state index contributed by atoms with van der Waals surface area (Å²) in [5.74, 6) is -0.175. The largest absolute Gasteiger partial charge is 0.396 e. The molecule has 2 heterocycles. The quantitative estimate of drug-likeness (QED) is 0.730. The molecule has 114 valence electrons. The summed E-state index contributed by atoms with van der Waals surface area (Å²) in [6, 6.07) is 0. The lowest BCUT2D eigenvalue weighted by Gasteiger charge is -2.05. The molecule has 2 aromatic rings. The van der Waals surface area contributed by atoms with E-state index in [1.165, 1.54) is 11.3 Å². The van der Waals surface area contributed by atoms with E-state index < -0.39 is 0 Å². The molecule has 0 aliphatic heterocycles. The van der Waals surface area contributed by atoms with Crippen molar-refractivity contribution in [2.45, 2.75) is 26.2 Å². The number of hydrogen-bond donors (Lipinski definition) is 2. The molecule has 0 bridgehead atoms. The molecular weight excluding hydrogens is 288 g/mol. The van der Waals surface area contributed by atoms with Crippen LogP contribution in [0.5, 0.6) is 0 Å². The Bertz CT molecular complexity index is 600. The Morgan fingerprint density at radius 3 is 2.86 bits per heavy atom. The summed E-state index contributed by atoms with van der Waals surface area (Å²) >= 11 is 1.26. The van der Waals surface area contributed by atoms with Crippen LogP contribution in [-0.4, -0.2) is 35.6 Å². The number of ether oxygens (including phenoxy) is 1. The number of aromatic nitrogens is 2. The lowest BCUT2D eigenvalue weighted by atomic mass is 10.3. The van der Waals surface area contributed by atoms with Gasteiger partial charge in [-0.1, -0.05) is 13.3 Å². The maximum Gasteiger partial charge on any atom is 0.263 e. The van der Waals surface area contributed by atoms with Crippen molar-refractivity contribution in [3.8, 4) is 0 Å². The minimum absolute atomic E-state index is 0.175. The average molecular weight is 308 g/mol. The van der Waals surface area contributed by atoms with Crippen molar-refractivity contribution in [3.05, 3.63) is 17.3 Å². The van der Waals surface area contributed by atoms with Crippen molar-refractivity contribution in [2.24, 2.45) is 0 Å². The summed E-state index contributed by atoms with van der Waals surface area (Å²) in [6.45, 7) is 4.14. The van der Waals surface area contributed by atoms with Gasteiger partial charge in [-0.3, -0.25) is 4.79 Å². The third-order valence-corrected chi connectivity index (χ3v) is 4.06. The van der Waals surface area contributed by atoms with E-state index >= 15 is 0 Å². The van der Waals surface area contributed by atoms with Gasteiger partial charge < -0.3 is 15.8 Å². The number of nitrogens with zero attached hydrogens (tertiary/aromatic N) is 2. The normalized spacial score (nSPS) is 10.9. The van der Waals surface area contributed by atoms with Crippen LogP contribution in [0.4, 0.5) is 5.69 Å². The minimum Gasteiger partial charge on any atom is -0.396 e. The number of rotatable bonds is 8. The number of hydrogen-bond acceptors (Lipinski definition) is 6. The second-order valence-electron chi connectivity index (χ2n) is 4.63. The van der Waals surface area contributed by atoms with Crippen LogP contribution in [-0.2, 0) is 4.74 Å². The van der Waals surface area contributed by atoms with E-state index in [-0.39, 0.29) is 5.91 Å². The first-order chi connectivity index (χ1) is 10.2. The van der Waals surface area contributed by atoms with Crippen molar-refractivity contribution >= 4 is 33.3 Å². The number of carbonyl (C=O) groups is 1. The van der Waals surface area contributed by atoms with Crippen molar-refractivity contribution in [3.63, 3.8) is 0 Å².